The Morgan fingerprint density at radius 1 is 0.971 bits per heavy atom. The van der Waals surface area contributed by atoms with Crippen LogP contribution in [-0.2, 0) is 16.2 Å². The first-order chi connectivity index (χ1) is 16.3. The van der Waals surface area contributed by atoms with Crippen LogP contribution in [0.25, 0.3) is 11.1 Å². The Hall–Kier alpha value is -3.64. The van der Waals surface area contributed by atoms with Crippen molar-refractivity contribution in [1.82, 2.24) is 5.06 Å². The lowest BCUT2D eigenvalue weighted by Crippen LogP contribution is -2.40. The summed E-state index contributed by atoms with van der Waals surface area (Å²) in [6, 6.07) is 19.7. The first-order valence-corrected chi connectivity index (χ1v) is 11.5. The molecule has 0 saturated heterocycles. The normalized spacial score (nSPS) is 15.9. The van der Waals surface area contributed by atoms with Crippen molar-refractivity contribution in [3.05, 3.63) is 88.4 Å². The van der Waals surface area contributed by atoms with Crippen LogP contribution in [0.3, 0.4) is 0 Å². The fourth-order valence-electron chi connectivity index (χ4n) is 4.20. The zero-order valence-corrected chi connectivity index (χ0v) is 19.4. The topological polar surface area (TPSA) is 75.7 Å². The molecule has 1 heterocycles. The van der Waals surface area contributed by atoms with Gasteiger partial charge in [0.1, 0.15) is 0 Å². The maximum absolute atomic E-state index is 12.9. The van der Waals surface area contributed by atoms with Gasteiger partial charge in [0.25, 0.3) is 11.8 Å². The van der Waals surface area contributed by atoms with E-state index in [0.29, 0.717) is 21.8 Å². The van der Waals surface area contributed by atoms with Gasteiger partial charge in [-0.15, -0.1) is 0 Å². The Bertz CT molecular complexity index is 1280. The van der Waals surface area contributed by atoms with E-state index in [2.05, 4.69) is 5.32 Å². The van der Waals surface area contributed by atoms with Crippen molar-refractivity contribution in [2.75, 3.05) is 5.32 Å². The highest BCUT2D eigenvalue weighted by molar-refractivity contribution is 6.30. The molecule has 1 saturated carbocycles. The van der Waals surface area contributed by atoms with Crippen molar-refractivity contribution in [3.8, 4) is 11.1 Å². The largest absolute Gasteiger partial charge is 0.338 e. The monoisotopic (exact) mass is 474 g/mol. The lowest BCUT2D eigenvalue weighted by Gasteiger charge is -2.36. The van der Waals surface area contributed by atoms with Crippen LogP contribution in [0, 0.1) is 5.41 Å². The maximum atomic E-state index is 12.9. The highest BCUT2D eigenvalue weighted by Crippen LogP contribution is 2.42. The van der Waals surface area contributed by atoms with E-state index >= 15 is 0 Å². The smallest absolute Gasteiger partial charge is 0.337 e. The number of halogens is 1. The number of fused-ring (bicyclic) bond motifs is 1. The van der Waals surface area contributed by atoms with Crippen LogP contribution in [-0.4, -0.2) is 22.8 Å². The van der Waals surface area contributed by atoms with Crippen molar-refractivity contribution < 1.29 is 19.2 Å². The molecule has 0 bridgehead atoms. The van der Waals surface area contributed by atoms with E-state index in [1.807, 2.05) is 49.4 Å². The van der Waals surface area contributed by atoms with Crippen LogP contribution in [0.4, 0.5) is 5.69 Å². The van der Waals surface area contributed by atoms with Crippen LogP contribution in [0.2, 0.25) is 5.02 Å². The van der Waals surface area contributed by atoms with Gasteiger partial charge in [-0.05, 0) is 78.9 Å². The van der Waals surface area contributed by atoms with Gasteiger partial charge in [0, 0.05) is 21.8 Å². The predicted octanol–water partition coefficient (Wildman–Crippen LogP) is 5.86. The molecule has 7 heteroatoms. The summed E-state index contributed by atoms with van der Waals surface area (Å²) in [5, 5.41) is 4.59. The Morgan fingerprint density at radius 3 is 2.29 bits per heavy atom. The van der Waals surface area contributed by atoms with Crippen molar-refractivity contribution >= 4 is 35.1 Å². The summed E-state index contributed by atoms with van der Waals surface area (Å²) >= 11 is 5.88. The number of carbonyl (C=O) groups excluding carboxylic acids is 3. The first-order valence-electron chi connectivity index (χ1n) is 11.2. The first kappa shape index (κ1) is 22.2. The molecule has 1 aliphatic carbocycles. The quantitative estimate of drug-likeness (QED) is 0.502. The summed E-state index contributed by atoms with van der Waals surface area (Å²) in [5.74, 6) is -0.866. The number of carbonyl (C=O) groups is 3. The second-order valence-electron chi connectivity index (χ2n) is 9.05. The molecule has 0 spiro atoms. The third kappa shape index (κ3) is 4.17. The molecule has 2 aliphatic rings. The highest BCUT2D eigenvalue weighted by Gasteiger charge is 2.43. The van der Waals surface area contributed by atoms with E-state index in [1.165, 1.54) is 0 Å². The summed E-state index contributed by atoms with van der Waals surface area (Å²) in [7, 11) is 0. The Kier molecular flexibility index (Phi) is 5.62. The number of hydrogen-bond acceptors (Lipinski definition) is 4. The molecule has 6 nitrogen and oxygen atoms in total. The number of hydrogen-bond donors (Lipinski definition) is 1. The number of nitrogens with zero attached hydrogens (tertiary/aromatic N) is 1. The van der Waals surface area contributed by atoms with Crippen LogP contribution >= 0.6 is 11.6 Å². The Labute approximate surface area is 202 Å². The number of nitrogens with one attached hydrogen (secondary N) is 1. The van der Waals surface area contributed by atoms with Gasteiger partial charge in [-0.1, -0.05) is 42.3 Å². The molecule has 0 radical (unpaired) electrons. The van der Waals surface area contributed by atoms with Gasteiger partial charge in [0.15, 0.2) is 0 Å². The lowest BCUT2D eigenvalue weighted by molar-refractivity contribution is -0.195. The predicted molar refractivity (Wildman–Crippen MR) is 129 cm³/mol. The molecule has 3 aromatic rings. The average molecular weight is 475 g/mol. The highest BCUT2D eigenvalue weighted by atomic mass is 35.5. The van der Waals surface area contributed by atoms with E-state index in [-0.39, 0.29) is 24.3 Å². The second kappa shape index (κ2) is 8.61. The Balaban J connectivity index is 1.27. The summed E-state index contributed by atoms with van der Waals surface area (Å²) < 4.78 is 0. The second-order valence-corrected chi connectivity index (χ2v) is 9.48. The van der Waals surface area contributed by atoms with Gasteiger partial charge in [0.2, 0.25) is 0 Å². The van der Waals surface area contributed by atoms with Crippen LogP contribution in [0.15, 0.2) is 66.7 Å². The van der Waals surface area contributed by atoms with E-state index < -0.39 is 5.41 Å². The number of rotatable bonds is 5. The third-order valence-electron chi connectivity index (χ3n) is 6.61. The van der Waals surface area contributed by atoms with Gasteiger partial charge >= 0.3 is 5.97 Å². The molecular formula is C27H23ClN2O4. The maximum Gasteiger partial charge on any atom is 0.338 e. The summed E-state index contributed by atoms with van der Waals surface area (Å²) in [5.41, 5.74) is 3.81. The van der Waals surface area contributed by atoms with E-state index in [1.54, 1.807) is 24.3 Å². The molecule has 1 aliphatic heterocycles. The fraction of sp³-hybridized carbons (Fsp3) is 0.222. The minimum absolute atomic E-state index is 0.224. The summed E-state index contributed by atoms with van der Waals surface area (Å²) in [6.07, 6.45) is 2.59. The SMILES string of the molecule is CC1(C(=O)ON2Cc3ccc(-c4ccc(NC(=O)c5ccc(Cl)cc5)cc4)cc3C2=O)CCC1. The van der Waals surface area contributed by atoms with Crippen molar-refractivity contribution in [2.45, 2.75) is 32.7 Å². The van der Waals surface area contributed by atoms with Gasteiger partial charge in [-0.25, -0.2) is 4.79 Å². The third-order valence-corrected chi connectivity index (χ3v) is 6.86. The van der Waals surface area contributed by atoms with E-state index in [4.69, 9.17) is 16.4 Å². The lowest BCUT2D eigenvalue weighted by atomic mass is 9.71. The minimum atomic E-state index is -0.481. The number of amides is 2. The van der Waals surface area contributed by atoms with Crippen molar-refractivity contribution in [3.63, 3.8) is 0 Å². The van der Waals surface area contributed by atoms with Gasteiger partial charge in [-0.2, -0.15) is 5.06 Å². The zero-order valence-electron chi connectivity index (χ0n) is 18.6. The van der Waals surface area contributed by atoms with Gasteiger partial charge < -0.3 is 10.2 Å². The molecule has 2 amide bonds. The molecule has 172 valence electrons. The minimum Gasteiger partial charge on any atom is -0.337 e. The summed E-state index contributed by atoms with van der Waals surface area (Å²) in [4.78, 5) is 43.2. The standard InChI is InChI=1S/C27H23ClN2O4/c1-27(13-2-14-27)26(33)34-30-16-20-4-3-19(15-23(20)25(30)32)17-7-11-22(12-8-17)29-24(31)18-5-9-21(28)10-6-18/h3-12,15H,2,13-14,16H2,1H3,(H,29,31). The molecular weight excluding hydrogens is 452 g/mol. The molecule has 0 atom stereocenters. The molecule has 5 rings (SSSR count). The van der Waals surface area contributed by atoms with E-state index in [0.717, 1.165) is 41.0 Å². The summed E-state index contributed by atoms with van der Waals surface area (Å²) in [6.45, 7) is 2.14. The van der Waals surface area contributed by atoms with E-state index in [9.17, 15) is 14.4 Å². The van der Waals surface area contributed by atoms with Gasteiger partial charge in [0.05, 0.1) is 12.0 Å². The van der Waals surface area contributed by atoms with Gasteiger partial charge in [-0.3, -0.25) is 9.59 Å². The molecule has 34 heavy (non-hydrogen) atoms. The van der Waals surface area contributed by atoms with Crippen LogP contribution in [0.1, 0.15) is 52.5 Å². The van der Waals surface area contributed by atoms with Crippen LogP contribution < -0.4 is 5.32 Å². The number of anilines is 1. The fourth-order valence-corrected chi connectivity index (χ4v) is 4.33. The average Bonchev–Trinajstić information content (AvgIpc) is 3.13. The number of benzene rings is 3. The number of hydroxylamine groups is 2. The van der Waals surface area contributed by atoms with Crippen molar-refractivity contribution in [1.29, 1.82) is 0 Å². The molecule has 0 aromatic heterocycles. The van der Waals surface area contributed by atoms with Crippen LogP contribution in [0.5, 0.6) is 0 Å². The molecule has 1 N–H and O–H groups in total. The van der Waals surface area contributed by atoms with Crippen molar-refractivity contribution in [2.24, 2.45) is 5.41 Å². The zero-order chi connectivity index (χ0) is 23.9. The molecule has 1 fully saturated rings. The molecule has 3 aromatic carbocycles. The Morgan fingerprint density at radius 2 is 1.65 bits per heavy atom. The molecule has 0 unspecified atom stereocenters.